The van der Waals surface area contributed by atoms with Gasteiger partial charge in [-0.2, -0.15) is 0 Å². The van der Waals surface area contributed by atoms with Gasteiger partial charge in [-0.1, -0.05) is 24.3 Å². The number of carbonyl (C=O) groups is 1. The fourth-order valence-electron chi connectivity index (χ4n) is 2.73. The van der Waals surface area contributed by atoms with Gasteiger partial charge in [0.15, 0.2) is 5.75 Å². The third kappa shape index (κ3) is 2.54. The van der Waals surface area contributed by atoms with Gasteiger partial charge in [0.05, 0.1) is 0 Å². The Balaban J connectivity index is 1.75. The highest BCUT2D eigenvalue weighted by Crippen LogP contribution is 2.22. The van der Waals surface area contributed by atoms with Gasteiger partial charge in [0.1, 0.15) is 11.5 Å². The van der Waals surface area contributed by atoms with Gasteiger partial charge in [-0.15, -0.1) is 0 Å². The predicted molar refractivity (Wildman–Crippen MR) is 79.3 cm³/mol. The van der Waals surface area contributed by atoms with E-state index in [0.29, 0.717) is 16.7 Å². The molecule has 2 heteroatoms. The molecular formula is C16H19OS+. The Kier molecular flexibility index (Phi) is 3.55. The highest BCUT2D eigenvalue weighted by molar-refractivity contribution is 7.97. The molecule has 0 amide bonds. The first-order chi connectivity index (χ1) is 8.83. The van der Waals surface area contributed by atoms with Crippen LogP contribution in [0, 0.1) is 0 Å². The van der Waals surface area contributed by atoms with Crippen molar-refractivity contribution in [3.05, 3.63) is 41.0 Å². The number of allylic oxidation sites excluding steroid dienone is 1. The second-order valence-corrected chi connectivity index (χ2v) is 7.48. The molecule has 0 aromatic heterocycles. The molecule has 0 saturated carbocycles. The minimum absolute atomic E-state index is 0.349. The van der Waals surface area contributed by atoms with Crippen molar-refractivity contribution in [2.24, 2.45) is 0 Å². The van der Waals surface area contributed by atoms with E-state index in [4.69, 9.17) is 0 Å². The number of hydrogen-bond donors (Lipinski definition) is 0. The molecule has 1 nitrogen and oxygen atoms in total. The summed E-state index contributed by atoms with van der Waals surface area (Å²) < 4.78 is 0. The molecule has 0 N–H and O–H groups in total. The number of aryl methyl sites for hydroxylation is 1. The van der Waals surface area contributed by atoms with Crippen LogP contribution in [-0.2, 0) is 17.3 Å². The Morgan fingerprint density at radius 3 is 2.89 bits per heavy atom. The molecule has 1 aromatic carbocycles. The van der Waals surface area contributed by atoms with E-state index in [1.54, 1.807) is 0 Å². The molecule has 1 aliphatic heterocycles. The zero-order chi connectivity index (χ0) is 12.4. The first kappa shape index (κ1) is 12.0. The van der Waals surface area contributed by atoms with E-state index in [1.807, 2.05) is 6.07 Å². The van der Waals surface area contributed by atoms with Crippen LogP contribution in [0.25, 0.3) is 6.08 Å². The fraction of sp³-hybridized carbons (Fsp3) is 0.438. The Morgan fingerprint density at radius 1 is 1.22 bits per heavy atom. The minimum atomic E-state index is 0.349. The molecule has 1 heterocycles. The summed E-state index contributed by atoms with van der Waals surface area (Å²) in [6, 6.07) is 6.26. The Labute approximate surface area is 112 Å². The van der Waals surface area contributed by atoms with Gasteiger partial charge in [0, 0.05) is 5.56 Å². The van der Waals surface area contributed by atoms with Gasteiger partial charge in [-0.3, -0.25) is 4.79 Å². The van der Waals surface area contributed by atoms with Crippen LogP contribution >= 0.6 is 0 Å². The number of benzene rings is 1. The van der Waals surface area contributed by atoms with Gasteiger partial charge < -0.3 is 0 Å². The first-order valence-electron chi connectivity index (χ1n) is 6.80. The van der Waals surface area contributed by atoms with E-state index in [2.05, 4.69) is 24.3 Å². The molecule has 0 atom stereocenters. The summed E-state index contributed by atoms with van der Waals surface area (Å²) in [6.07, 6.45) is 9.25. The molecule has 18 heavy (non-hydrogen) atoms. The highest BCUT2D eigenvalue weighted by atomic mass is 32.2. The molecule has 1 fully saturated rings. The van der Waals surface area contributed by atoms with Crippen LogP contribution in [0.5, 0.6) is 0 Å². The second kappa shape index (κ2) is 5.31. The number of ketones is 1. The Hall–Kier alpha value is -1.02. The highest BCUT2D eigenvalue weighted by Gasteiger charge is 2.27. The summed E-state index contributed by atoms with van der Waals surface area (Å²) in [5.74, 6) is 3.68. The van der Waals surface area contributed by atoms with Gasteiger partial charge in [-0.05, 0) is 53.8 Å². The number of rotatable bonds is 3. The maximum atomic E-state index is 12.3. The molecule has 94 valence electrons. The molecule has 0 bridgehead atoms. The molecule has 1 aliphatic carbocycles. The first-order valence-corrected chi connectivity index (χ1v) is 8.53. The second-order valence-electron chi connectivity index (χ2n) is 5.15. The number of hydrogen-bond acceptors (Lipinski definition) is 1. The normalized spacial score (nSPS) is 18.9. The molecule has 2 aliphatic rings. The van der Waals surface area contributed by atoms with Crippen molar-refractivity contribution >= 4 is 22.8 Å². The van der Waals surface area contributed by atoms with Crippen molar-refractivity contribution in [1.82, 2.24) is 0 Å². The van der Waals surface area contributed by atoms with Crippen LogP contribution in [0.1, 0.15) is 40.7 Å². The van der Waals surface area contributed by atoms with Crippen LogP contribution in [0.2, 0.25) is 0 Å². The molecule has 1 saturated heterocycles. The van der Waals surface area contributed by atoms with Crippen molar-refractivity contribution < 1.29 is 4.79 Å². The minimum Gasteiger partial charge on any atom is -0.289 e. The molecule has 0 radical (unpaired) electrons. The van der Waals surface area contributed by atoms with E-state index in [0.717, 1.165) is 24.2 Å². The smallest absolute Gasteiger partial charge is 0.211 e. The lowest BCUT2D eigenvalue weighted by Gasteiger charge is -2.11. The third-order valence-corrected chi connectivity index (χ3v) is 6.20. The van der Waals surface area contributed by atoms with Crippen LogP contribution in [-0.4, -0.2) is 23.0 Å². The summed E-state index contributed by atoms with van der Waals surface area (Å²) >= 11 is 0. The van der Waals surface area contributed by atoms with Crippen LogP contribution < -0.4 is 0 Å². The largest absolute Gasteiger partial charge is 0.289 e. The standard InChI is InChI=1S/C16H19OS/c17-16(12-18-9-3-4-10-18)15-8-7-13-5-1-2-6-14(13)11-15/h2,6-8,11H,1,3-5,9-10,12H2/q+1. The van der Waals surface area contributed by atoms with Crippen LogP contribution in [0.3, 0.4) is 0 Å². The summed E-state index contributed by atoms with van der Waals surface area (Å²) in [5, 5.41) is 0. The maximum Gasteiger partial charge on any atom is 0.211 e. The zero-order valence-electron chi connectivity index (χ0n) is 10.7. The fourth-order valence-corrected chi connectivity index (χ4v) is 4.98. The van der Waals surface area contributed by atoms with E-state index < -0.39 is 0 Å². The predicted octanol–water partition coefficient (Wildman–Crippen LogP) is 3.24. The average molecular weight is 259 g/mol. The van der Waals surface area contributed by atoms with Gasteiger partial charge >= 0.3 is 0 Å². The monoisotopic (exact) mass is 259 g/mol. The summed E-state index contributed by atoms with van der Waals surface area (Å²) in [4.78, 5) is 12.3. The van der Waals surface area contributed by atoms with Gasteiger partial charge in [-0.25, -0.2) is 0 Å². The molecule has 1 aromatic rings. The molecular weight excluding hydrogens is 240 g/mol. The molecule has 3 rings (SSSR count). The summed E-state index contributed by atoms with van der Waals surface area (Å²) in [6.45, 7) is 0. The van der Waals surface area contributed by atoms with E-state index in [-0.39, 0.29) is 0 Å². The summed E-state index contributed by atoms with van der Waals surface area (Å²) in [5.41, 5.74) is 3.55. The lowest BCUT2D eigenvalue weighted by Crippen LogP contribution is -2.18. The average Bonchev–Trinajstić information content (AvgIpc) is 2.91. The van der Waals surface area contributed by atoms with Crippen molar-refractivity contribution in [1.29, 1.82) is 0 Å². The van der Waals surface area contributed by atoms with E-state index in [1.165, 1.54) is 35.5 Å². The van der Waals surface area contributed by atoms with Crippen molar-refractivity contribution in [2.75, 3.05) is 17.3 Å². The Bertz CT molecular complexity index is 484. The summed E-state index contributed by atoms with van der Waals surface area (Å²) in [7, 11) is 0.373. The number of fused-ring (bicyclic) bond motifs is 1. The number of carbonyl (C=O) groups excluding carboxylic acids is 1. The third-order valence-electron chi connectivity index (χ3n) is 3.80. The zero-order valence-corrected chi connectivity index (χ0v) is 11.5. The number of Topliss-reactive ketones (excluding diaryl/α,β-unsaturated/α-hetero) is 1. The van der Waals surface area contributed by atoms with Crippen molar-refractivity contribution in [3.8, 4) is 0 Å². The SMILES string of the molecule is O=C(C[S+]1CCCC1)c1ccc2c(c1)C=CCC2. The van der Waals surface area contributed by atoms with Crippen LogP contribution in [0.15, 0.2) is 24.3 Å². The van der Waals surface area contributed by atoms with E-state index in [9.17, 15) is 4.79 Å². The maximum absolute atomic E-state index is 12.3. The van der Waals surface area contributed by atoms with E-state index >= 15 is 0 Å². The van der Waals surface area contributed by atoms with Crippen LogP contribution in [0.4, 0.5) is 0 Å². The molecule has 0 spiro atoms. The van der Waals surface area contributed by atoms with Crippen molar-refractivity contribution in [3.63, 3.8) is 0 Å². The quantitative estimate of drug-likeness (QED) is 0.601. The van der Waals surface area contributed by atoms with Crippen molar-refractivity contribution in [2.45, 2.75) is 25.7 Å². The van der Waals surface area contributed by atoms with Gasteiger partial charge in [0.2, 0.25) is 5.78 Å². The van der Waals surface area contributed by atoms with Gasteiger partial charge in [0.25, 0.3) is 0 Å². The Morgan fingerprint density at radius 2 is 2.06 bits per heavy atom. The lowest BCUT2D eigenvalue weighted by molar-refractivity contribution is 0.102. The lowest BCUT2D eigenvalue weighted by atomic mass is 9.95. The topological polar surface area (TPSA) is 17.1 Å². The molecule has 0 unspecified atom stereocenters.